The molecule has 0 aliphatic carbocycles. The summed E-state index contributed by atoms with van der Waals surface area (Å²) in [5, 5.41) is 0. The Labute approximate surface area is 118 Å². The fourth-order valence-corrected chi connectivity index (χ4v) is 4.20. The van der Waals surface area contributed by atoms with Gasteiger partial charge in [0, 0.05) is 16.7 Å². The molecule has 15 heavy (non-hydrogen) atoms. The van der Waals surface area contributed by atoms with Crippen molar-refractivity contribution in [2.24, 2.45) is 0 Å². The summed E-state index contributed by atoms with van der Waals surface area (Å²) in [4.78, 5) is 4.91. The fourth-order valence-electron chi connectivity index (χ4n) is 2.04. The lowest BCUT2D eigenvalue weighted by Gasteiger charge is -2.26. The molecular formula is C11H14I2N2. The summed E-state index contributed by atoms with van der Waals surface area (Å²) >= 11 is 4.95. The highest BCUT2D eigenvalue weighted by atomic mass is 127. The SMILES string of the molecule is CCN1c2cccc(I)c2N(CC)C1I. The summed E-state index contributed by atoms with van der Waals surface area (Å²) < 4.78 is 1.81. The second kappa shape index (κ2) is 4.65. The van der Waals surface area contributed by atoms with Gasteiger partial charge in [-0.3, -0.25) is 0 Å². The van der Waals surface area contributed by atoms with Gasteiger partial charge in [0.2, 0.25) is 0 Å². The molecule has 2 nitrogen and oxygen atoms in total. The van der Waals surface area contributed by atoms with E-state index in [2.05, 4.69) is 87.0 Å². The van der Waals surface area contributed by atoms with Crippen molar-refractivity contribution in [3.63, 3.8) is 0 Å². The number of rotatable bonds is 2. The van der Waals surface area contributed by atoms with Crippen LogP contribution in [0.2, 0.25) is 0 Å². The molecule has 0 saturated carbocycles. The highest BCUT2D eigenvalue weighted by Crippen LogP contribution is 2.43. The van der Waals surface area contributed by atoms with E-state index in [1.807, 2.05) is 0 Å². The van der Waals surface area contributed by atoms with Crippen LogP contribution in [0.3, 0.4) is 0 Å². The first-order valence-electron chi connectivity index (χ1n) is 5.16. The predicted molar refractivity (Wildman–Crippen MR) is 83.0 cm³/mol. The van der Waals surface area contributed by atoms with Gasteiger partial charge in [0.25, 0.3) is 0 Å². The third kappa shape index (κ3) is 1.83. The van der Waals surface area contributed by atoms with E-state index >= 15 is 0 Å². The lowest BCUT2D eigenvalue weighted by atomic mass is 10.2. The Balaban J connectivity index is 2.53. The monoisotopic (exact) mass is 428 g/mol. The first kappa shape index (κ1) is 11.8. The van der Waals surface area contributed by atoms with Gasteiger partial charge in [-0.05, 0) is 71.2 Å². The normalized spacial score (nSPS) is 19.6. The van der Waals surface area contributed by atoms with Gasteiger partial charge in [-0.25, -0.2) is 0 Å². The number of benzene rings is 1. The first-order valence-corrected chi connectivity index (χ1v) is 7.49. The summed E-state index contributed by atoms with van der Waals surface area (Å²) in [6, 6.07) is 6.55. The smallest absolute Gasteiger partial charge is 0.155 e. The maximum absolute atomic E-state index is 2.52. The average Bonchev–Trinajstić information content (AvgIpc) is 2.51. The molecule has 1 aromatic rings. The minimum absolute atomic E-state index is 0.462. The summed E-state index contributed by atoms with van der Waals surface area (Å²) in [6.07, 6.45) is 0. The van der Waals surface area contributed by atoms with Crippen LogP contribution in [0.4, 0.5) is 11.4 Å². The van der Waals surface area contributed by atoms with Crippen molar-refractivity contribution in [3.05, 3.63) is 21.8 Å². The van der Waals surface area contributed by atoms with Gasteiger partial charge in [-0.2, -0.15) is 0 Å². The quantitative estimate of drug-likeness (QED) is 0.403. The highest BCUT2D eigenvalue weighted by molar-refractivity contribution is 14.1. The maximum Gasteiger partial charge on any atom is 0.155 e. The van der Waals surface area contributed by atoms with Crippen molar-refractivity contribution < 1.29 is 0 Å². The summed E-state index contributed by atoms with van der Waals surface area (Å²) in [7, 11) is 0. The zero-order valence-corrected chi connectivity index (χ0v) is 13.2. The van der Waals surface area contributed by atoms with Gasteiger partial charge in [0.15, 0.2) is 4.17 Å². The zero-order valence-electron chi connectivity index (χ0n) is 8.87. The van der Waals surface area contributed by atoms with Gasteiger partial charge in [0.1, 0.15) is 0 Å². The molecule has 0 saturated heterocycles. The molecule has 0 spiro atoms. The molecule has 0 N–H and O–H groups in total. The topological polar surface area (TPSA) is 6.48 Å². The first-order chi connectivity index (χ1) is 7.20. The van der Waals surface area contributed by atoms with E-state index in [0.29, 0.717) is 4.17 Å². The Morgan fingerprint density at radius 3 is 2.47 bits per heavy atom. The Hall–Kier alpha value is 0.280. The third-order valence-electron chi connectivity index (χ3n) is 2.76. The summed E-state index contributed by atoms with van der Waals surface area (Å²) in [5.74, 6) is 0. The minimum atomic E-state index is 0.462. The van der Waals surface area contributed by atoms with Crippen LogP contribution >= 0.6 is 45.2 Å². The summed E-state index contributed by atoms with van der Waals surface area (Å²) in [5.41, 5.74) is 2.78. The molecule has 0 aromatic heterocycles. The van der Waals surface area contributed by atoms with Crippen molar-refractivity contribution in [2.75, 3.05) is 22.9 Å². The number of anilines is 2. The number of para-hydroxylation sites is 1. The van der Waals surface area contributed by atoms with Crippen molar-refractivity contribution >= 4 is 56.6 Å². The molecule has 0 fully saturated rings. The maximum atomic E-state index is 2.52. The molecule has 0 amide bonds. The van der Waals surface area contributed by atoms with Crippen LogP contribution in [0.15, 0.2) is 18.2 Å². The molecule has 2 rings (SSSR count). The Morgan fingerprint density at radius 2 is 1.87 bits per heavy atom. The van der Waals surface area contributed by atoms with Gasteiger partial charge in [0.05, 0.1) is 11.4 Å². The molecule has 0 bridgehead atoms. The van der Waals surface area contributed by atoms with Crippen molar-refractivity contribution in [3.8, 4) is 0 Å². The molecule has 1 unspecified atom stereocenters. The second-order valence-electron chi connectivity index (χ2n) is 3.49. The van der Waals surface area contributed by atoms with E-state index in [0.717, 1.165) is 13.1 Å². The van der Waals surface area contributed by atoms with Crippen molar-refractivity contribution in [1.82, 2.24) is 0 Å². The number of fused-ring (bicyclic) bond motifs is 1. The van der Waals surface area contributed by atoms with Crippen LogP contribution in [0.5, 0.6) is 0 Å². The van der Waals surface area contributed by atoms with Crippen LogP contribution in [0.25, 0.3) is 0 Å². The molecule has 1 aliphatic heterocycles. The van der Waals surface area contributed by atoms with E-state index < -0.39 is 0 Å². The molecule has 0 radical (unpaired) electrons. The van der Waals surface area contributed by atoms with E-state index in [4.69, 9.17) is 0 Å². The molecule has 1 atom stereocenters. The van der Waals surface area contributed by atoms with Crippen LogP contribution in [0, 0.1) is 3.57 Å². The lowest BCUT2D eigenvalue weighted by molar-refractivity contribution is 0.777. The van der Waals surface area contributed by atoms with Crippen LogP contribution in [0.1, 0.15) is 13.8 Å². The van der Waals surface area contributed by atoms with Crippen molar-refractivity contribution in [2.45, 2.75) is 18.0 Å². The fraction of sp³-hybridized carbons (Fsp3) is 0.455. The number of hydrogen-bond acceptors (Lipinski definition) is 2. The van der Waals surface area contributed by atoms with E-state index in [-0.39, 0.29) is 0 Å². The second-order valence-corrected chi connectivity index (χ2v) is 5.77. The Morgan fingerprint density at radius 1 is 1.20 bits per heavy atom. The van der Waals surface area contributed by atoms with Gasteiger partial charge in [-0.1, -0.05) is 6.07 Å². The lowest BCUT2D eigenvalue weighted by Crippen LogP contribution is -2.38. The standard InChI is InChI=1S/C11H14I2N2/c1-3-14-9-7-5-6-8(12)10(9)15(4-2)11(14)13/h5-7,11H,3-4H2,1-2H3. The molecule has 1 heterocycles. The van der Waals surface area contributed by atoms with Crippen LogP contribution in [-0.4, -0.2) is 17.3 Å². The molecule has 1 aromatic carbocycles. The number of nitrogens with zero attached hydrogens (tertiary/aromatic N) is 2. The molecule has 82 valence electrons. The molecule has 4 heteroatoms. The van der Waals surface area contributed by atoms with Gasteiger partial charge in [-0.15, -0.1) is 0 Å². The number of halogens is 2. The third-order valence-corrected chi connectivity index (χ3v) is 4.97. The molecule has 1 aliphatic rings. The van der Waals surface area contributed by atoms with Crippen LogP contribution < -0.4 is 9.80 Å². The van der Waals surface area contributed by atoms with Gasteiger partial charge >= 0.3 is 0 Å². The minimum Gasteiger partial charge on any atom is -0.342 e. The van der Waals surface area contributed by atoms with Crippen molar-refractivity contribution in [1.29, 1.82) is 0 Å². The summed E-state index contributed by atoms with van der Waals surface area (Å²) in [6.45, 7) is 6.57. The zero-order chi connectivity index (χ0) is 11.0. The van der Waals surface area contributed by atoms with E-state index in [9.17, 15) is 0 Å². The number of alkyl halides is 1. The predicted octanol–water partition coefficient (Wildman–Crippen LogP) is 3.68. The Bertz CT molecular complexity index is 368. The van der Waals surface area contributed by atoms with Gasteiger partial charge < -0.3 is 9.80 Å². The average molecular weight is 428 g/mol. The Kier molecular flexibility index (Phi) is 3.64. The highest BCUT2D eigenvalue weighted by Gasteiger charge is 2.33. The number of hydrogen-bond donors (Lipinski definition) is 0. The van der Waals surface area contributed by atoms with E-state index in [1.165, 1.54) is 14.9 Å². The molecular weight excluding hydrogens is 414 g/mol. The van der Waals surface area contributed by atoms with E-state index in [1.54, 1.807) is 0 Å². The van der Waals surface area contributed by atoms with Crippen LogP contribution in [-0.2, 0) is 0 Å². The largest absolute Gasteiger partial charge is 0.342 e.